The summed E-state index contributed by atoms with van der Waals surface area (Å²) in [6, 6.07) is 10.0. The molecule has 0 radical (unpaired) electrons. The Hall–Kier alpha value is -2.21. The van der Waals surface area contributed by atoms with Gasteiger partial charge in [0.2, 0.25) is 0 Å². The van der Waals surface area contributed by atoms with Crippen molar-refractivity contribution < 1.29 is 14.7 Å². The topological polar surface area (TPSA) is 70.5 Å². The molecule has 1 aromatic heterocycles. The maximum atomic E-state index is 12.6. The molecule has 1 N–H and O–H groups in total. The molecule has 0 aliphatic carbocycles. The number of nitrogens with zero attached hydrogens (tertiary/aromatic N) is 2. The number of aromatic nitrogens is 1. The quantitative estimate of drug-likeness (QED) is 0.892. The summed E-state index contributed by atoms with van der Waals surface area (Å²) in [4.78, 5) is 29.6. The van der Waals surface area contributed by atoms with Crippen LogP contribution < -0.4 is 0 Å². The van der Waals surface area contributed by atoms with Gasteiger partial charge in [0.15, 0.2) is 0 Å². The number of carboxylic acid groups (broad SMARTS) is 1. The summed E-state index contributed by atoms with van der Waals surface area (Å²) in [5.74, 6) is -1.37. The van der Waals surface area contributed by atoms with Crippen LogP contribution in [-0.4, -0.2) is 32.9 Å². The molecule has 0 unspecified atom stereocenters. The molecule has 0 saturated carbocycles. The molecule has 1 aliphatic rings. The van der Waals surface area contributed by atoms with Crippen molar-refractivity contribution in [3.63, 3.8) is 0 Å². The summed E-state index contributed by atoms with van der Waals surface area (Å²) in [6.45, 7) is 0.281. The van der Waals surface area contributed by atoms with Crippen molar-refractivity contribution in [1.29, 1.82) is 0 Å². The van der Waals surface area contributed by atoms with Crippen LogP contribution in [0.1, 0.15) is 21.6 Å². The van der Waals surface area contributed by atoms with Crippen molar-refractivity contribution in [2.75, 3.05) is 0 Å². The van der Waals surface area contributed by atoms with Gasteiger partial charge in [0, 0.05) is 23.6 Å². The fraction of sp³-hybridized carbons (Fsp3) is 0.188. The van der Waals surface area contributed by atoms with Crippen LogP contribution in [0.3, 0.4) is 0 Å². The summed E-state index contributed by atoms with van der Waals surface area (Å²) >= 11 is 3.27. The van der Waals surface area contributed by atoms with E-state index in [-0.39, 0.29) is 18.1 Å². The number of carboxylic acids is 1. The third-order valence-corrected chi connectivity index (χ3v) is 4.21. The third kappa shape index (κ3) is 2.74. The number of fused-ring (bicyclic) bond motifs is 1. The van der Waals surface area contributed by atoms with Gasteiger partial charge in [-0.25, -0.2) is 9.78 Å². The van der Waals surface area contributed by atoms with Crippen LogP contribution in [0.15, 0.2) is 47.1 Å². The first-order valence-electron chi connectivity index (χ1n) is 6.78. The molecule has 0 spiro atoms. The van der Waals surface area contributed by atoms with Crippen LogP contribution >= 0.6 is 15.9 Å². The Morgan fingerprint density at radius 3 is 2.55 bits per heavy atom. The standard InChI is InChI=1S/C16H13BrN2O3/c17-12-5-6-13(18-8-12)15(20)19-9-11-4-2-1-3-10(11)7-14(19)16(21)22/h1-6,8,14H,7,9H2,(H,21,22)/t14-/m0/s1. The Kier molecular flexibility index (Phi) is 3.94. The molecular weight excluding hydrogens is 348 g/mol. The fourth-order valence-corrected chi connectivity index (χ4v) is 2.84. The highest BCUT2D eigenvalue weighted by molar-refractivity contribution is 9.10. The number of hydrogen-bond donors (Lipinski definition) is 1. The summed E-state index contributed by atoms with van der Waals surface area (Å²) in [6.07, 6.45) is 1.84. The fourth-order valence-electron chi connectivity index (χ4n) is 2.61. The molecule has 0 saturated heterocycles. The minimum Gasteiger partial charge on any atom is -0.480 e. The molecule has 2 heterocycles. The molecule has 3 rings (SSSR count). The molecule has 1 aliphatic heterocycles. The van der Waals surface area contributed by atoms with Gasteiger partial charge in [-0.2, -0.15) is 0 Å². The van der Waals surface area contributed by atoms with E-state index in [9.17, 15) is 14.7 Å². The predicted molar refractivity (Wildman–Crippen MR) is 83.4 cm³/mol. The molecule has 0 fully saturated rings. The van der Waals surface area contributed by atoms with Crippen LogP contribution in [0.25, 0.3) is 0 Å². The first-order valence-corrected chi connectivity index (χ1v) is 7.57. The lowest BCUT2D eigenvalue weighted by atomic mass is 9.93. The number of amides is 1. The second-order valence-electron chi connectivity index (χ2n) is 5.12. The van der Waals surface area contributed by atoms with E-state index in [1.54, 1.807) is 12.1 Å². The average molecular weight is 361 g/mol. The lowest BCUT2D eigenvalue weighted by Crippen LogP contribution is -2.48. The van der Waals surface area contributed by atoms with E-state index in [1.807, 2.05) is 24.3 Å². The van der Waals surface area contributed by atoms with Gasteiger partial charge in [-0.05, 0) is 39.2 Å². The van der Waals surface area contributed by atoms with Crippen molar-refractivity contribution in [2.24, 2.45) is 0 Å². The van der Waals surface area contributed by atoms with Gasteiger partial charge in [-0.15, -0.1) is 0 Å². The zero-order valence-electron chi connectivity index (χ0n) is 11.6. The lowest BCUT2D eigenvalue weighted by Gasteiger charge is -2.34. The van der Waals surface area contributed by atoms with Crippen LogP contribution in [0, 0.1) is 0 Å². The van der Waals surface area contributed by atoms with Crippen LogP contribution in [-0.2, 0) is 17.8 Å². The minimum atomic E-state index is -1.00. The summed E-state index contributed by atoms with van der Waals surface area (Å²) < 4.78 is 0.767. The second kappa shape index (κ2) is 5.88. The number of hydrogen-bond acceptors (Lipinski definition) is 3. The van der Waals surface area contributed by atoms with E-state index >= 15 is 0 Å². The third-order valence-electron chi connectivity index (χ3n) is 3.74. The minimum absolute atomic E-state index is 0.244. The van der Waals surface area contributed by atoms with Crippen LogP contribution in [0.4, 0.5) is 0 Å². The summed E-state index contributed by atoms with van der Waals surface area (Å²) in [5.41, 5.74) is 2.20. The van der Waals surface area contributed by atoms with Gasteiger partial charge in [0.1, 0.15) is 11.7 Å². The first-order chi connectivity index (χ1) is 10.6. The van der Waals surface area contributed by atoms with Crippen molar-refractivity contribution in [1.82, 2.24) is 9.88 Å². The van der Waals surface area contributed by atoms with E-state index in [0.717, 1.165) is 15.6 Å². The molecule has 22 heavy (non-hydrogen) atoms. The van der Waals surface area contributed by atoms with Crippen molar-refractivity contribution >= 4 is 27.8 Å². The lowest BCUT2D eigenvalue weighted by molar-refractivity contribution is -0.142. The average Bonchev–Trinajstić information content (AvgIpc) is 2.53. The number of rotatable bonds is 2. The predicted octanol–water partition coefficient (Wildman–Crippen LogP) is 2.50. The molecular formula is C16H13BrN2O3. The van der Waals surface area contributed by atoms with E-state index in [4.69, 9.17) is 0 Å². The highest BCUT2D eigenvalue weighted by Crippen LogP contribution is 2.25. The molecule has 2 aromatic rings. The number of benzene rings is 1. The van der Waals surface area contributed by atoms with Gasteiger partial charge in [0.05, 0.1) is 0 Å². The molecule has 1 atom stereocenters. The highest BCUT2D eigenvalue weighted by atomic mass is 79.9. The monoisotopic (exact) mass is 360 g/mol. The second-order valence-corrected chi connectivity index (χ2v) is 6.04. The Morgan fingerprint density at radius 2 is 1.91 bits per heavy atom. The number of carbonyl (C=O) groups excluding carboxylic acids is 1. The van der Waals surface area contributed by atoms with Gasteiger partial charge < -0.3 is 10.0 Å². The smallest absolute Gasteiger partial charge is 0.326 e. The molecule has 6 heteroatoms. The highest BCUT2D eigenvalue weighted by Gasteiger charge is 2.35. The zero-order chi connectivity index (χ0) is 15.7. The Morgan fingerprint density at radius 1 is 1.18 bits per heavy atom. The number of aliphatic carboxylic acids is 1. The Bertz CT molecular complexity index is 730. The maximum absolute atomic E-state index is 12.6. The van der Waals surface area contributed by atoms with Gasteiger partial charge >= 0.3 is 5.97 Å². The molecule has 1 amide bonds. The van der Waals surface area contributed by atoms with E-state index in [2.05, 4.69) is 20.9 Å². The van der Waals surface area contributed by atoms with E-state index in [1.165, 1.54) is 11.1 Å². The number of halogens is 1. The Labute approximate surface area is 135 Å². The number of pyridine rings is 1. The van der Waals surface area contributed by atoms with Gasteiger partial charge in [-0.3, -0.25) is 4.79 Å². The maximum Gasteiger partial charge on any atom is 0.326 e. The molecule has 112 valence electrons. The molecule has 0 bridgehead atoms. The summed E-state index contributed by atoms with van der Waals surface area (Å²) in [5, 5.41) is 9.45. The molecule has 5 nitrogen and oxygen atoms in total. The van der Waals surface area contributed by atoms with Crippen LogP contribution in [0.2, 0.25) is 0 Å². The summed E-state index contributed by atoms with van der Waals surface area (Å²) in [7, 11) is 0. The normalized spacial score (nSPS) is 17.0. The van der Waals surface area contributed by atoms with E-state index < -0.39 is 12.0 Å². The van der Waals surface area contributed by atoms with Gasteiger partial charge in [-0.1, -0.05) is 24.3 Å². The largest absolute Gasteiger partial charge is 0.480 e. The van der Waals surface area contributed by atoms with Crippen molar-refractivity contribution in [2.45, 2.75) is 19.0 Å². The first kappa shape index (κ1) is 14.7. The van der Waals surface area contributed by atoms with Crippen molar-refractivity contribution in [3.8, 4) is 0 Å². The molecule has 1 aromatic carbocycles. The zero-order valence-corrected chi connectivity index (χ0v) is 13.2. The Balaban J connectivity index is 1.95. The van der Waals surface area contributed by atoms with E-state index in [0.29, 0.717) is 6.42 Å². The number of carbonyl (C=O) groups is 2. The van der Waals surface area contributed by atoms with Gasteiger partial charge in [0.25, 0.3) is 5.91 Å². The van der Waals surface area contributed by atoms with Crippen LogP contribution in [0.5, 0.6) is 0 Å². The SMILES string of the molecule is O=C(O)[C@@H]1Cc2ccccc2CN1C(=O)c1ccc(Br)cn1. The van der Waals surface area contributed by atoms with Crippen molar-refractivity contribution in [3.05, 3.63) is 63.9 Å².